The van der Waals surface area contributed by atoms with Gasteiger partial charge in [-0.1, -0.05) is 0 Å². The lowest BCUT2D eigenvalue weighted by Crippen LogP contribution is -2.56. The number of nitrogens with zero attached hydrogens (tertiary/aromatic N) is 2. The lowest BCUT2D eigenvalue weighted by molar-refractivity contribution is -0.0660. The first-order valence-electron chi connectivity index (χ1n) is 8.19. The second-order valence-corrected chi connectivity index (χ2v) is 6.38. The number of anilines is 1. The fraction of sp³-hybridized carbons (Fsp3) is 0.647. The minimum atomic E-state index is 0.179. The van der Waals surface area contributed by atoms with Crippen molar-refractivity contribution in [3.63, 3.8) is 0 Å². The number of rotatable bonds is 3. The number of hydrogen-bond donors (Lipinski definition) is 0. The summed E-state index contributed by atoms with van der Waals surface area (Å²) >= 11 is 0. The summed E-state index contributed by atoms with van der Waals surface area (Å²) in [5.41, 5.74) is 2.58. The van der Waals surface area contributed by atoms with Gasteiger partial charge < -0.3 is 19.1 Å². The zero-order chi connectivity index (χ0) is 14.9. The van der Waals surface area contributed by atoms with Crippen molar-refractivity contribution in [2.45, 2.75) is 18.6 Å². The molecular weight excluding hydrogens is 280 g/mol. The first-order valence-corrected chi connectivity index (χ1v) is 8.19. The second kappa shape index (κ2) is 6.07. The van der Waals surface area contributed by atoms with Crippen molar-refractivity contribution in [3.05, 3.63) is 23.8 Å². The molecule has 0 N–H and O–H groups in total. The average Bonchev–Trinajstić information content (AvgIpc) is 2.53. The predicted molar refractivity (Wildman–Crippen MR) is 84.8 cm³/mol. The molecule has 3 aliphatic heterocycles. The van der Waals surface area contributed by atoms with Crippen LogP contribution in [0.2, 0.25) is 0 Å². The van der Waals surface area contributed by atoms with Gasteiger partial charge in [-0.15, -0.1) is 0 Å². The van der Waals surface area contributed by atoms with Gasteiger partial charge in [0, 0.05) is 45.4 Å². The Bertz CT molecular complexity index is 525. The van der Waals surface area contributed by atoms with Crippen LogP contribution in [-0.4, -0.2) is 70.2 Å². The van der Waals surface area contributed by atoms with Gasteiger partial charge >= 0.3 is 0 Å². The van der Waals surface area contributed by atoms with E-state index in [1.54, 1.807) is 7.11 Å². The molecule has 0 aromatic heterocycles. The molecule has 0 spiro atoms. The number of benzene rings is 1. The average molecular weight is 304 g/mol. The van der Waals surface area contributed by atoms with Crippen LogP contribution in [0.5, 0.6) is 5.75 Å². The summed E-state index contributed by atoms with van der Waals surface area (Å²) < 4.78 is 16.5. The molecule has 3 aliphatic rings. The third kappa shape index (κ3) is 2.69. The quantitative estimate of drug-likeness (QED) is 0.837. The highest BCUT2D eigenvalue weighted by atomic mass is 16.5. The summed E-state index contributed by atoms with van der Waals surface area (Å²) in [4.78, 5) is 5.04. The van der Waals surface area contributed by atoms with Crippen LogP contribution in [0.3, 0.4) is 0 Å². The van der Waals surface area contributed by atoms with Crippen LogP contribution in [0.15, 0.2) is 18.2 Å². The van der Waals surface area contributed by atoms with Crippen molar-refractivity contribution < 1.29 is 14.2 Å². The summed E-state index contributed by atoms with van der Waals surface area (Å²) in [5, 5.41) is 0. The first kappa shape index (κ1) is 14.3. The van der Waals surface area contributed by atoms with E-state index in [0.29, 0.717) is 12.6 Å². The van der Waals surface area contributed by atoms with E-state index >= 15 is 0 Å². The van der Waals surface area contributed by atoms with Crippen molar-refractivity contribution in [1.82, 2.24) is 4.90 Å². The zero-order valence-corrected chi connectivity index (χ0v) is 13.2. The molecule has 0 bridgehead atoms. The lowest BCUT2D eigenvalue weighted by Gasteiger charge is -2.43. The topological polar surface area (TPSA) is 34.2 Å². The molecule has 4 rings (SSSR count). The van der Waals surface area contributed by atoms with Crippen LogP contribution in [0.1, 0.15) is 5.56 Å². The molecule has 2 saturated heterocycles. The molecule has 0 radical (unpaired) electrons. The van der Waals surface area contributed by atoms with Crippen LogP contribution < -0.4 is 9.64 Å². The Morgan fingerprint density at radius 2 is 1.91 bits per heavy atom. The molecule has 3 heterocycles. The SMILES string of the molecule is CO[C@H]1COc2ccc(N3CCN(C4COC4)CC3)cc2C1. The lowest BCUT2D eigenvalue weighted by atomic mass is 10.0. The monoisotopic (exact) mass is 304 g/mol. The molecule has 120 valence electrons. The highest BCUT2D eigenvalue weighted by molar-refractivity contribution is 5.54. The van der Waals surface area contributed by atoms with Crippen molar-refractivity contribution in [3.8, 4) is 5.75 Å². The van der Waals surface area contributed by atoms with Gasteiger partial charge in [-0.2, -0.15) is 0 Å². The first-order chi connectivity index (χ1) is 10.8. The van der Waals surface area contributed by atoms with Gasteiger partial charge in [0.15, 0.2) is 0 Å². The maximum atomic E-state index is 5.77. The van der Waals surface area contributed by atoms with Crippen LogP contribution in [0, 0.1) is 0 Å². The molecule has 1 aromatic rings. The maximum absolute atomic E-state index is 5.77. The summed E-state index contributed by atoms with van der Waals surface area (Å²) in [5.74, 6) is 1.02. The Hall–Kier alpha value is -1.30. The molecule has 0 saturated carbocycles. The number of hydrogen-bond acceptors (Lipinski definition) is 5. The zero-order valence-electron chi connectivity index (χ0n) is 13.2. The van der Waals surface area contributed by atoms with E-state index in [9.17, 15) is 0 Å². The summed E-state index contributed by atoms with van der Waals surface area (Å²) in [7, 11) is 1.76. The minimum Gasteiger partial charge on any atom is -0.491 e. The van der Waals surface area contributed by atoms with E-state index < -0.39 is 0 Å². The number of piperazine rings is 1. The fourth-order valence-electron chi connectivity index (χ4n) is 3.48. The van der Waals surface area contributed by atoms with Gasteiger partial charge in [-0.05, 0) is 23.8 Å². The molecule has 5 heteroatoms. The van der Waals surface area contributed by atoms with Crippen LogP contribution in [0.4, 0.5) is 5.69 Å². The van der Waals surface area contributed by atoms with Crippen LogP contribution >= 0.6 is 0 Å². The van der Waals surface area contributed by atoms with Gasteiger partial charge in [0.05, 0.1) is 25.4 Å². The highest BCUT2D eigenvalue weighted by Crippen LogP contribution is 2.30. The number of methoxy groups -OCH3 is 1. The summed E-state index contributed by atoms with van der Waals surface area (Å²) in [6, 6.07) is 7.24. The largest absolute Gasteiger partial charge is 0.491 e. The molecule has 1 atom stereocenters. The third-order valence-electron chi connectivity index (χ3n) is 5.07. The van der Waals surface area contributed by atoms with Gasteiger partial charge in [-0.3, -0.25) is 4.90 Å². The Kier molecular flexibility index (Phi) is 3.94. The maximum Gasteiger partial charge on any atom is 0.122 e. The fourth-order valence-corrected chi connectivity index (χ4v) is 3.48. The van der Waals surface area contributed by atoms with E-state index in [1.165, 1.54) is 11.3 Å². The van der Waals surface area contributed by atoms with Gasteiger partial charge in [-0.25, -0.2) is 0 Å². The molecule has 22 heavy (non-hydrogen) atoms. The van der Waals surface area contributed by atoms with E-state index in [1.807, 2.05) is 0 Å². The molecule has 0 amide bonds. The number of ether oxygens (including phenoxy) is 3. The van der Waals surface area contributed by atoms with Crippen LogP contribution in [-0.2, 0) is 15.9 Å². The van der Waals surface area contributed by atoms with Gasteiger partial charge in [0.1, 0.15) is 12.4 Å². The molecule has 5 nitrogen and oxygen atoms in total. The van der Waals surface area contributed by atoms with Crippen molar-refractivity contribution >= 4 is 5.69 Å². The molecule has 0 unspecified atom stereocenters. The standard InChI is InChI=1S/C17H24N2O3/c1-20-16-9-13-8-14(2-3-17(13)22-12-16)18-4-6-19(7-5-18)15-10-21-11-15/h2-3,8,15-16H,4-7,9-12H2,1H3/t16-/m1/s1. The second-order valence-electron chi connectivity index (χ2n) is 6.38. The smallest absolute Gasteiger partial charge is 0.122 e. The van der Waals surface area contributed by atoms with Crippen molar-refractivity contribution in [1.29, 1.82) is 0 Å². The third-order valence-corrected chi connectivity index (χ3v) is 5.07. The summed E-state index contributed by atoms with van der Waals surface area (Å²) in [6.07, 6.45) is 1.12. The minimum absolute atomic E-state index is 0.179. The molecule has 1 aromatic carbocycles. The van der Waals surface area contributed by atoms with E-state index in [0.717, 1.165) is 51.6 Å². The Morgan fingerprint density at radius 3 is 2.59 bits per heavy atom. The van der Waals surface area contributed by atoms with E-state index in [4.69, 9.17) is 14.2 Å². The predicted octanol–water partition coefficient (Wildman–Crippen LogP) is 1.16. The summed E-state index contributed by atoms with van der Waals surface area (Å²) in [6.45, 7) is 6.91. The van der Waals surface area contributed by atoms with Crippen molar-refractivity contribution in [2.75, 3.05) is 58.0 Å². The Morgan fingerprint density at radius 1 is 1.09 bits per heavy atom. The van der Waals surface area contributed by atoms with E-state index in [2.05, 4.69) is 28.0 Å². The van der Waals surface area contributed by atoms with Gasteiger partial charge in [0.25, 0.3) is 0 Å². The molecular formula is C17H24N2O3. The number of fused-ring (bicyclic) bond motifs is 1. The Balaban J connectivity index is 1.43. The molecule has 2 fully saturated rings. The van der Waals surface area contributed by atoms with Crippen LogP contribution in [0.25, 0.3) is 0 Å². The van der Waals surface area contributed by atoms with Crippen molar-refractivity contribution in [2.24, 2.45) is 0 Å². The molecule has 0 aliphatic carbocycles. The van der Waals surface area contributed by atoms with E-state index in [-0.39, 0.29) is 6.10 Å². The highest BCUT2D eigenvalue weighted by Gasteiger charge is 2.29. The normalized spacial score (nSPS) is 26.2. The van der Waals surface area contributed by atoms with Gasteiger partial charge in [0.2, 0.25) is 0 Å². The Labute approximate surface area is 131 Å².